The van der Waals surface area contributed by atoms with Crippen molar-refractivity contribution in [2.75, 3.05) is 50.8 Å². The second kappa shape index (κ2) is 14.7. The van der Waals surface area contributed by atoms with E-state index in [1.165, 1.54) is 18.3 Å². The lowest BCUT2D eigenvalue weighted by Crippen LogP contribution is -2.56. The summed E-state index contributed by atoms with van der Waals surface area (Å²) >= 11 is 6.43. The van der Waals surface area contributed by atoms with E-state index in [0.717, 1.165) is 25.1 Å². The summed E-state index contributed by atoms with van der Waals surface area (Å²) in [5.41, 5.74) is 0.996. The van der Waals surface area contributed by atoms with Gasteiger partial charge in [-0.3, -0.25) is 14.7 Å². The fraction of sp³-hybridized carbons (Fsp3) is 0.375. The number of piperazine rings is 1. The first-order valence-corrected chi connectivity index (χ1v) is 18.6. The minimum atomic E-state index is -0.970. The van der Waals surface area contributed by atoms with Gasteiger partial charge in [0.25, 0.3) is 0 Å². The lowest BCUT2D eigenvalue weighted by molar-refractivity contribution is -0.128. The Balaban J connectivity index is 1.17. The molecule has 8 rings (SSSR count). The second-order valence-corrected chi connectivity index (χ2v) is 14.8. The molecule has 3 fully saturated rings. The van der Waals surface area contributed by atoms with E-state index < -0.39 is 29.4 Å². The summed E-state index contributed by atoms with van der Waals surface area (Å²) in [6.45, 7) is 13.3. The molecule has 3 aliphatic rings. The summed E-state index contributed by atoms with van der Waals surface area (Å²) < 4.78 is 52.5. The number of aryl methyl sites for hydroxylation is 2. The third kappa shape index (κ3) is 6.91. The number of alkyl halides is 1. The SMILES string of the molecule is [C-]#[N+]C[C@H]1CN(c2nc(OC[C@@]34CCCN3C[C@H](F)C4)nc3c(F)c(-c4cccc5ccc(F)c(Cl)c45)ncc23)CCN1C(=O)/C=C/c1cc(C)nc(C)n1. The van der Waals surface area contributed by atoms with Crippen LogP contribution < -0.4 is 9.64 Å². The van der Waals surface area contributed by atoms with Crippen molar-refractivity contribution in [1.29, 1.82) is 0 Å². The molecule has 0 radical (unpaired) electrons. The van der Waals surface area contributed by atoms with Gasteiger partial charge in [0.2, 0.25) is 12.5 Å². The van der Waals surface area contributed by atoms with E-state index in [1.54, 1.807) is 48.2 Å². The highest BCUT2D eigenvalue weighted by Crippen LogP contribution is 2.41. The third-order valence-corrected chi connectivity index (χ3v) is 11.2. The average molecular weight is 768 g/mol. The maximum absolute atomic E-state index is 17.0. The van der Waals surface area contributed by atoms with Gasteiger partial charge in [-0.25, -0.2) is 29.7 Å². The Morgan fingerprint density at radius 3 is 2.78 bits per heavy atom. The lowest BCUT2D eigenvalue weighted by Gasteiger charge is -2.39. The molecule has 3 aromatic heterocycles. The molecule has 3 atom stereocenters. The van der Waals surface area contributed by atoms with Crippen molar-refractivity contribution in [3.63, 3.8) is 0 Å². The van der Waals surface area contributed by atoms with Crippen LogP contribution in [0.3, 0.4) is 0 Å². The fourth-order valence-corrected chi connectivity index (χ4v) is 8.63. The van der Waals surface area contributed by atoms with Crippen molar-refractivity contribution < 1.29 is 22.7 Å². The van der Waals surface area contributed by atoms with Gasteiger partial charge in [0.15, 0.2) is 5.82 Å². The van der Waals surface area contributed by atoms with Crippen molar-refractivity contribution in [3.8, 4) is 17.3 Å². The molecule has 2 aromatic carbocycles. The number of aromatic nitrogens is 5. The minimum absolute atomic E-state index is 0.0199. The van der Waals surface area contributed by atoms with E-state index >= 15 is 4.39 Å². The van der Waals surface area contributed by atoms with E-state index in [9.17, 15) is 13.6 Å². The fourth-order valence-electron chi connectivity index (χ4n) is 8.35. The topological polar surface area (TPSA) is 105 Å². The average Bonchev–Trinajstić information content (AvgIpc) is 3.69. The van der Waals surface area contributed by atoms with E-state index in [2.05, 4.69) is 29.7 Å². The number of hydrogen-bond acceptors (Lipinski definition) is 9. The Hall–Kier alpha value is -5.39. The Kier molecular flexibility index (Phi) is 9.77. The van der Waals surface area contributed by atoms with Crippen molar-refractivity contribution in [2.45, 2.75) is 50.9 Å². The van der Waals surface area contributed by atoms with Crippen molar-refractivity contribution >= 4 is 51.1 Å². The van der Waals surface area contributed by atoms with E-state index in [4.69, 9.17) is 27.9 Å². The maximum atomic E-state index is 17.0. The molecule has 1 amide bonds. The molecule has 0 N–H and O–H groups in total. The summed E-state index contributed by atoms with van der Waals surface area (Å²) in [6.07, 6.45) is 5.58. The predicted molar refractivity (Wildman–Crippen MR) is 203 cm³/mol. The molecule has 282 valence electrons. The second-order valence-electron chi connectivity index (χ2n) is 14.4. The molecule has 6 heterocycles. The van der Waals surface area contributed by atoms with Crippen LogP contribution in [0, 0.1) is 32.1 Å². The Bertz CT molecular complexity index is 2390. The Morgan fingerprint density at radius 2 is 1.96 bits per heavy atom. The van der Waals surface area contributed by atoms with Crippen LogP contribution >= 0.6 is 11.6 Å². The highest BCUT2D eigenvalue weighted by atomic mass is 35.5. The smallest absolute Gasteiger partial charge is 0.319 e. The molecule has 11 nitrogen and oxygen atoms in total. The molecular formula is C40H37ClF3N9O2. The molecule has 0 bridgehead atoms. The monoisotopic (exact) mass is 767 g/mol. The molecule has 0 aliphatic carbocycles. The normalized spacial score (nSPS) is 21.5. The minimum Gasteiger partial charge on any atom is -0.461 e. The van der Waals surface area contributed by atoms with Crippen molar-refractivity contribution in [1.82, 2.24) is 34.7 Å². The first kappa shape index (κ1) is 36.6. The van der Waals surface area contributed by atoms with Gasteiger partial charge in [-0.15, -0.1) is 0 Å². The maximum Gasteiger partial charge on any atom is 0.319 e. The molecule has 15 heteroatoms. The third-order valence-electron chi connectivity index (χ3n) is 10.8. The summed E-state index contributed by atoms with van der Waals surface area (Å²) in [5.74, 6) is -0.789. The van der Waals surface area contributed by atoms with Crippen LogP contribution in [-0.2, 0) is 4.79 Å². The number of fused-ring (bicyclic) bond motifs is 3. The van der Waals surface area contributed by atoms with Crippen LogP contribution in [0.15, 0.2) is 48.7 Å². The molecule has 55 heavy (non-hydrogen) atoms. The number of rotatable bonds is 8. The summed E-state index contributed by atoms with van der Waals surface area (Å²) in [7, 11) is 0. The van der Waals surface area contributed by atoms with Gasteiger partial charge in [-0.1, -0.05) is 35.9 Å². The van der Waals surface area contributed by atoms with Crippen LogP contribution in [0.25, 0.3) is 43.9 Å². The number of pyridine rings is 1. The van der Waals surface area contributed by atoms with Crippen molar-refractivity contribution in [3.05, 3.63) is 94.0 Å². The summed E-state index contributed by atoms with van der Waals surface area (Å²) in [5, 5.41) is 1.05. The highest BCUT2D eigenvalue weighted by Gasteiger charge is 2.49. The summed E-state index contributed by atoms with van der Waals surface area (Å²) in [4.78, 5) is 45.3. The number of nitrogens with zero attached hydrogens (tertiary/aromatic N) is 9. The van der Waals surface area contributed by atoms with Gasteiger partial charge >= 0.3 is 6.01 Å². The molecule has 5 aromatic rings. The first-order valence-electron chi connectivity index (χ1n) is 18.2. The first-order chi connectivity index (χ1) is 26.5. The van der Waals surface area contributed by atoms with E-state index in [-0.39, 0.29) is 65.3 Å². The Labute approximate surface area is 320 Å². The van der Waals surface area contributed by atoms with Crippen LogP contribution in [0.2, 0.25) is 5.02 Å². The van der Waals surface area contributed by atoms with Gasteiger partial charge in [-0.2, -0.15) is 9.97 Å². The molecule has 3 saturated heterocycles. The zero-order valence-electron chi connectivity index (χ0n) is 30.3. The van der Waals surface area contributed by atoms with Crippen LogP contribution in [0.5, 0.6) is 6.01 Å². The molecular weight excluding hydrogens is 731 g/mol. The highest BCUT2D eigenvalue weighted by molar-refractivity contribution is 6.36. The number of ether oxygens (including phenoxy) is 1. The molecule has 0 unspecified atom stereocenters. The van der Waals surface area contributed by atoms with Gasteiger partial charge in [0.1, 0.15) is 47.5 Å². The Morgan fingerprint density at radius 1 is 1.11 bits per heavy atom. The lowest BCUT2D eigenvalue weighted by atomic mass is 9.95. The number of hydrogen-bond donors (Lipinski definition) is 0. The molecule has 3 aliphatic heterocycles. The van der Waals surface area contributed by atoms with Gasteiger partial charge in [0, 0.05) is 61.5 Å². The van der Waals surface area contributed by atoms with Crippen LogP contribution in [0.1, 0.15) is 36.5 Å². The number of halogens is 4. The van der Waals surface area contributed by atoms with Crippen molar-refractivity contribution in [2.24, 2.45) is 0 Å². The number of carbonyl (C=O) groups excluding carboxylic acids is 1. The quantitative estimate of drug-likeness (QED) is 0.125. The number of benzene rings is 2. The number of anilines is 1. The summed E-state index contributed by atoms with van der Waals surface area (Å²) in [6, 6.07) is 9.08. The van der Waals surface area contributed by atoms with Crippen LogP contribution in [0.4, 0.5) is 19.0 Å². The predicted octanol–water partition coefficient (Wildman–Crippen LogP) is 6.79. The molecule has 0 saturated carbocycles. The van der Waals surface area contributed by atoms with Gasteiger partial charge in [-0.05, 0) is 56.8 Å². The van der Waals surface area contributed by atoms with Gasteiger partial charge < -0.3 is 19.4 Å². The van der Waals surface area contributed by atoms with Gasteiger partial charge in [0.05, 0.1) is 21.6 Å². The van der Waals surface area contributed by atoms with E-state index in [1.807, 2.05) is 11.8 Å². The standard InChI is InChI=1S/C40H37ClF3N9O2/c1-23-16-27(48-24(2)47-23)9-11-32(54)53-15-14-51(21-28(53)18-45-3)38-30-19-46-36(29-7-4-6-25-8-10-31(43)34(41)33(25)29)35(44)37(30)49-39(50-38)55-22-40-12-5-13-52(40)20-26(42)17-40/h4,6-11,16,19,26,28H,5,12-15,17-18,20-22H2,1-2H3/b11-9+/t26-,28+,40+/m1/s1. The largest absolute Gasteiger partial charge is 0.461 e. The number of carbonyl (C=O) groups is 1. The van der Waals surface area contributed by atoms with Crippen LogP contribution in [-0.4, -0.2) is 104 Å². The van der Waals surface area contributed by atoms with E-state index in [0.29, 0.717) is 47.6 Å². The zero-order chi connectivity index (χ0) is 38.4. The zero-order valence-corrected chi connectivity index (χ0v) is 31.0. The molecule has 0 spiro atoms. The number of amides is 1.